The van der Waals surface area contributed by atoms with Crippen LogP contribution in [0.4, 0.5) is 0 Å². The lowest BCUT2D eigenvalue weighted by Gasteiger charge is -2.13. The zero-order chi connectivity index (χ0) is 7.68. The summed E-state index contributed by atoms with van der Waals surface area (Å²) in [5, 5.41) is 2.44. The molecule has 3 atom stereocenters. The molecule has 0 amide bonds. The third-order valence-electron chi connectivity index (χ3n) is 2.81. The van der Waals surface area contributed by atoms with E-state index in [2.05, 4.69) is 34.5 Å². The highest BCUT2D eigenvalue weighted by Crippen LogP contribution is 2.43. The Kier molecular flexibility index (Phi) is 1.89. The zero-order valence-corrected chi connectivity index (χ0v) is 7.18. The molecule has 11 heavy (non-hydrogen) atoms. The fraction of sp³-hybridized carbons (Fsp3) is 0.667. The summed E-state index contributed by atoms with van der Waals surface area (Å²) < 4.78 is 0. The van der Waals surface area contributed by atoms with E-state index in [1.807, 2.05) is 0 Å². The van der Waals surface area contributed by atoms with Crippen molar-refractivity contribution >= 4 is 17.4 Å². The SMILES string of the molecule is S=C=NCC1C[C@@H]2C=C[C@H]1C2. The number of hydrogen-bond donors (Lipinski definition) is 0. The lowest BCUT2D eigenvalue weighted by molar-refractivity contribution is 0.461. The summed E-state index contributed by atoms with van der Waals surface area (Å²) in [6, 6.07) is 0. The van der Waals surface area contributed by atoms with E-state index < -0.39 is 0 Å². The normalized spacial score (nSPS) is 39.1. The van der Waals surface area contributed by atoms with Crippen LogP contribution in [0.2, 0.25) is 0 Å². The quantitative estimate of drug-likeness (QED) is 0.347. The van der Waals surface area contributed by atoms with Crippen molar-refractivity contribution in [1.29, 1.82) is 0 Å². The summed E-state index contributed by atoms with van der Waals surface area (Å²) in [7, 11) is 0. The summed E-state index contributed by atoms with van der Waals surface area (Å²) in [5.41, 5.74) is 0. The Morgan fingerprint density at radius 2 is 2.36 bits per heavy atom. The monoisotopic (exact) mass is 165 g/mol. The first-order valence-corrected chi connectivity index (χ1v) is 4.53. The minimum atomic E-state index is 0.764. The number of allylic oxidation sites excluding steroid dienone is 2. The molecule has 2 aliphatic carbocycles. The number of rotatable bonds is 2. The van der Waals surface area contributed by atoms with E-state index in [1.54, 1.807) is 0 Å². The fourth-order valence-electron chi connectivity index (χ4n) is 2.26. The van der Waals surface area contributed by atoms with Crippen molar-refractivity contribution < 1.29 is 0 Å². The van der Waals surface area contributed by atoms with Crippen LogP contribution in [-0.2, 0) is 0 Å². The second kappa shape index (κ2) is 2.88. The van der Waals surface area contributed by atoms with Crippen molar-refractivity contribution in [3.05, 3.63) is 12.2 Å². The largest absolute Gasteiger partial charge is 0.232 e. The smallest absolute Gasteiger partial charge is 0.0585 e. The van der Waals surface area contributed by atoms with E-state index in [0.717, 1.165) is 24.3 Å². The van der Waals surface area contributed by atoms with Gasteiger partial charge in [-0.3, -0.25) is 0 Å². The Labute approximate surface area is 72.2 Å². The molecule has 2 heteroatoms. The molecular weight excluding hydrogens is 154 g/mol. The molecule has 0 heterocycles. The average molecular weight is 165 g/mol. The first-order valence-electron chi connectivity index (χ1n) is 4.12. The first kappa shape index (κ1) is 7.20. The average Bonchev–Trinajstić information content (AvgIpc) is 2.60. The van der Waals surface area contributed by atoms with Crippen molar-refractivity contribution in [2.24, 2.45) is 22.7 Å². The lowest BCUT2D eigenvalue weighted by atomic mass is 9.94. The number of nitrogens with zero attached hydrogens (tertiary/aromatic N) is 1. The predicted octanol–water partition coefficient (Wildman–Crippen LogP) is 2.30. The second-order valence-corrected chi connectivity index (χ2v) is 3.65. The van der Waals surface area contributed by atoms with Crippen LogP contribution in [0, 0.1) is 17.8 Å². The molecule has 0 aromatic rings. The molecule has 2 aliphatic rings. The first-order chi connectivity index (χ1) is 5.40. The third-order valence-corrected chi connectivity index (χ3v) is 2.94. The number of hydrogen-bond acceptors (Lipinski definition) is 2. The molecule has 0 spiro atoms. The van der Waals surface area contributed by atoms with Gasteiger partial charge in [-0.1, -0.05) is 12.2 Å². The Bertz CT molecular complexity index is 228. The highest BCUT2D eigenvalue weighted by molar-refractivity contribution is 7.78. The minimum absolute atomic E-state index is 0.764. The van der Waals surface area contributed by atoms with Gasteiger partial charge in [-0.25, -0.2) is 4.99 Å². The number of isothiocyanates is 1. The topological polar surface area (TPSA) is 12.4 Å². The van der Waals surface area contributed by atoms with Gasteiger partial charge in [0.2, 0.25) is 0 Å². The fourth-order valence-corrected chi connectivity index (χ4v) is 2.33. The van der Waals surface area contributed by atoms with E-state index in [9.17, 15) is 0 Å². The molecular formula is C9H11NS. The van der Waals surface area contributed by atoms with Crippen LogP contribution < -0.4 is 0 Å². The maximum atomic E-state index is 4.54. The molecule has 1 saturated carbocycles. The van der Waals surface area contributed by atoms with Crippen LogP contribution in [-0.4, -0.2) is 11.7 Å². The van der Waals surface area contributed by atoms with Crippen LogP contribution in [0.15, 0.2) is 17.1 Å². The van der Waals surface area contributed by atoms with Crippen LogP contribution in [0.3, 0.4) is 0 Å². The van der Waals surface area contributed by atoms with Crippen molar-refractivity contribution in [3.63, 3.8) is 0 Å². The molecule has 58 valence electrons. The Morgan fingerprint density at radius 3 is 2.91 bits per heavy atom. The van der Waals surface area contributed by atoms with Gasteiger partial charge in [0.1, 0.15) is 0 Å². The van der Waals surface area contributed by atoms with Gasteiger partial charge in [0.05, 0.1) is 11.7 Å². The van der Waals surface area contributed by atoms with E-state index in [1.165, 1.54) is 12.8 Å². The molecule has 1 fully saturated rings. The van der Waals surface area contributed by atoms with Crippen molar-refractivity contribution in [1.82, 2.24) is 0 Å². The molecule has 1 unspecified atom stereocenters. The van der Waals surface area contributed by atoms with Crippen LogP contribution in [0.25, 0.3) is 0 Å². The maximum Gasteiger partial charge on any atom is 0.0585 e. The standard InChI is InChI=1S/C9H11NS/c11-6-10-5-9-4-7-1-2-8(9)3-7/h1-2,7-9H,3-5H2/t7-,8+,9?/m1/s1. The molecule has 0 aromatic heterocycles. The molecule has 0 N–H and O–H groups in total. The van der Waals surface area contributed by atoms with Gasteiger partial charge >= 0.3 is 0 Å². The van der Waals surface area contributed by atoms with Gasteiger partial charge in [0.25, 0.3) is 0 Å². The van der Waals surface area contributed by atoms with Gasteiger partial charge in [-0.05, 0) is 42.8 Å². The molecule has 2 bridgehead atoms. The molecule has 0 radical (unpaired) electrons. The van der Waals surface area contributed by atoms with Crippen LogP contribution >= 0.6 is 12.2 Å². The highest BCUT2D eigenvalue weighted by atomic mass is 32.1. The van der Waals surface area contributed by atoms with E-state index in [0.29, 0.717) is 0 Å². The molecule has 0 aromatic carbocycles. The van der Waals surface area contributed by atoms with Gasteiger partial charge in [-0.2, -0.15) is 0 Å². The Hall–Kier alpha value is -0.460. The summed E-state index contributed by atoms with van der Waals surface area (Å²) in [6.45, 7) is 0.898. The van der Waals surface area contributed by atoms with E-state index in [4.69, 9.17) is 0 Å². The summed E-state index contributed by atoms with van der Waals surface area (Å²) in [6.07, 6.45) is 7.37. The van der Waals surface area contributed by atoms with Gasteiger partial charge < -0.3 is 0 Å². The van der Waals surface area contributed by atoms with Crippen molar-refractivity contribution in [2.75, 3.05) is 6.54 Å². The molecule has 1 nitrogen and oxygen atoms in total. The van der Waals surface area contributed by atoms with Gasteiger partial charge in [0, 0.05) is 0 Å². The third kappa shape index (κ3) is 1.29. The Morgan fingerprint density at radius 1 is 1.45 bits per heavy atom. The van der Waals surface area contributed by atoms with Crippen molar-refractivity contribution in [2.45, 2.75) is 12.8 Å². The van der Waals surface area contributed by atoms with Crippen molar-refractivity contribution in [3.8, 4) is 0 Å². The van der Waals surface area contributed by atoms with Crippen LogP contribution in [0.1, 0.15) is 12.8 Å². The summed E-state index contributed by atoms with van der Waals surface area (Å²) in [4.78, 5) is 4.00. The Balaban J connectivity index is 1.98. The van der Waals surface area contributed by atoms with E-state index >= 15 is 0 Å². The molecule has 0 aliphatic heterocycles. The lowest BCUT2D eigenvalue weighted by Crippen LogP contribution is -2.09. The number of thiocarbonyl (C=S) groups is 1. The highest BCUT2D eigenvalue weighted by Gasteiger charge is 2.34. The summed E-state index contributed by atoms with van der Waals surface area (Å²) >= 11 is 4.54. The number of fused-ring (bicyclic) bond motifs is 2. The van der Waals surface area contributed by atoms with Gasteiger partial charge in [-0.15, -0.1) is 0 Å². The maximum absolute atomic E-state index is 4.54. The molecule has 0 saturated heterocycles. The predicted molar refractivity (Wildman–Crippen MR) is 48.7 cm³/mol. The van der Waals surface area contributed by atoms with E-state index in [-0.39, 0.29) is 0 Å². The second-order valence-electron chi connectivity index (χ2n) is 3.47. The summed E-state index contributed by atoms with van der Waals surface area (Å²) in [5.74, 6) is 2.41. The van der Waals surface area contributed by atoms with Gasteiger partial charge in [0.15, 0.2) is 0 Å². The number of aliphatic imine (C=N–C) groups is 1. The van der Waals surface area contributed by atoms with Crippen LogP contribution in [0.5, 0.6) is 0 Å². The molecule has 2 rings (SSSR count). The minimum Gasteiger partial charge on any atom is -0.232 e. The zero-order valence-electron chi connectivity index (χ0n) is 6.36.